The number of para-hydroxylation sites is 2. The van der Waals surface area contributed by atoms with E-state index in [1.54, 1.807) is 48.5 Å². The third-order valence-corrected chi connectivity index (χ3v) is 6.29. The average Bonchev–Trinajstić information content (AvgIpc) is 2.91. The lowest BCUT2D eigenvalue weighted by Crippen LogP contribution is -2.23. The minimum Gasteiger partial charge on any atom is -0.457 e. The van der Waals surface area contributed by atoms with Crippen LogP contribution in [0.4, 0.5) is 14.5 Å². The lowest BCUT2D eigenvalue weighted by Gasteiger charge is -2.14. The van der Waals surface area contributed by atoms with Crippen molar-refractivity contribution >= 4 is 34.3 Å². The van der Waals surface area contributed by atoms with Gasteiger partial charge < -0.3 is 10.1 Å². The van der Waals surface area contributed by atoms with Gasteiger partial charge in [-0.3, -0.25) is 14.2 Å². The third kappa shape index (κ3) is 5.52. The molecule has 6 nitrogen and oxygen atoms in total. The highest BCUT2D eigenvalue weighted by atomic mass is 32.2. The van der Waals surface area contributed by atoms with Crippen LogP contribution in [-0.2, 0) is 4.79 Å². The molecule has 0 fully saturated rings. The Morgan fingerprint density at radius 2 is 1.59 bits per heavy atom. The highest BCUT2D eigenvalue weighted by molar-refractivity contribution is 7.99. The standard InChI is InChI=1S/C28H19F2N3O3S/c29-18-10-15-23(30)25(16-18)31-26(34)17-37-28-32-24-9-5-4-8-22(24)27(35)33(28)19-11-13-21(14-12-19)36-20-6-2-1-3-7-20/h1-16H,17H2,(H,31,34). The van der Waals surface area contributed by atoms with Gasteiger partial charge >= 0.3 is 0 Å². The zero-order chi connectivity index (χ0) is 25.8. The summed E-state index contributed by atoms with van der Waals surface area (Å²) < 4.78 is 34.6. The molecule has 1 amide bonds. The predicted octanol–water partition coefficient (Wildman–Crippen LogP) is 6.19. The van der Waals surface area contributed by atoms with Gasteiger partial charge in [-0.05, 0) is 60.7 Å². The Balaban J connectivity index is 1.44. The monoisotopic (exact) mass is 515 g/mol. The zero-order valence-electron chi connectivity index (χ0n) is 19.2. The molecule has 0 bridgehead atoms. The summed E-state index contributed by atoms with van der Waals surface area (Å²) in [6.07, 6.45) is 0. The number of fused-ring (bicyclic) bond motifs is 1. The van der Waals surface area contributed by atoms with Gasteiger partial charge in [0, 0.05) is 6.07 Å². The van der Waals surface area contributed by atoms with E-state index in [1.807, 2.05) is 30.3 Å². The van der Waals surface area contributed by atoms with Crippen LogP contribution in [0.3, 0.4) is 0 Å². The van der Waals surface area contributed by atoms with E-state index in [9.17, 15) is 18.4 Å². The maximum atomic E-state index is 13.9. The van der Waals surface area contributed by atoms with Crippen molar-refractivity contribution in [2.75, 3.05) is 11.1 Å². The molecule has 5 rings (SSSR count). The molecule has 0 saturated carbocycles. The number of rotatable bonds is 7. The fraction of sp³-hybridized carbons (Fsp3) is 0.0357. The highest BCUT2D eigenvalue weighted by Gasteiger charge is 2.16. The zero-order valence-corrected chi connectivity index (χ0v) is 20.0. The molecule has 9 heteroatoms. The summed E-state index contributed by atoms with van der Waals surface area (Å²) in [5.41, 5.74) is 0.444. The molecule has 4 aromatic carbocycles. The SMILES string of the molecule is O=C(CSc1nc2ccccc2c(=O)n1-c1ccc(Oc2ccccc2)cc1)Nc1cc(F)ccc1F. The normalized spacial score (nSPS) is 10.9. The summed E-state index contributed by atoms with van der Waals surface area (Å²) in [4.78, 5) is 30.5. The number of aromatic nitrogens is 2. The van der Waals surface area contributed by atoms with Crippen molar-refractivity contribution in [3.05, 3.63) is 119 Å². The van der Waals surface area contributed by atoms with Crippen molar-refractivity contribution in [2.24, 2.45) is 0 Å². The number of anilines is 1. The minimum absolute atomic E-state index is 0.185. The first-order valence-corrected chi connectivity index (χ1v) is 12.2. The van der Waals surface area contributed by atoms with Gasteiger partial charge in [-0.1, -0.05) is 42.1 Å². The number of hydrogen-bond acceptors (Lipinski definition) is 5. The van der Waals surface area contributed by atoms with Crippen molar-refractivity contribution in [2.45, 2.75) is 5.16 Å². The molecule has 1 aromatic heterocycles. The quantitative estimate of drug-likeness (QED) is 0.207. The second-order valence-electron chi connectivity index (χ2n) is 7.92. The third-order valence-electron chi connectivity index (χ3n) is 5.35. The second-order valence-corrected chi connectivity index (χ2v) is 8.86. The van der Waals surface area contributed by atoms with Gasteiger partial charge in [-0.25, -0.2) is 13.8 Å². The molecule has 184 valence electrons. The number of carbonyl (C=O) groups is 1. The molecular weight excluding hydrogens is 496 g/mol. The van der Waals surface area contributed by atoms with E-state index >= 15 is 0 Å². The van der Waals surface area contributed by atoms with Crippen molar-refractivity contribution < 1.29 is 18.3 Å². The van der Waals surface area contributed by atoms with Crippen LogP contribution in [0, 0.1) is 11.6 Å². The predicted molar refractivity (Wildman–Crippen MR) is 140 cm³/mol. The fourth-order valence-corrected chi connectivity index (χ4v) is 4.45. The number of ether oxygens (including phenoxy) is 1. The molecule has 0 aliphatic heterocycles. The molecule has 1 heterocycles. The molecule has 37 heavy (non-hydrogen) atoms. The molecule has 0 aliphatic carbocycles. The van der Waals surface area contributed by atoms with Gasteiger partial charge in [0.2, 0.25) is 5.91 Å². The first-order valence-electron chi connectivity index (χ1n) is 11.2. The number of nitrogens with zero attached hydrogens (tertiary/aromatic N) is 2. The smallest absolute Gasteiger partial charge is 0.266 e. The second kappa shape index (κ2) is 10.6. The highest BCUT2D eigenvalue weighted by Crippen LogP contribution is 2.26. The lowest BCUT2D eigenvalue weighted by molar-refractivity contribution is -0.113. The first kappa shape index (κ1) is 24.2. The first-order chi connectivity index (χ1) is 18.0. The maximum absolute atomic E-state index is 13.9. The van der Waals surface area contributed by atoms with Crippen LogP contribution >= 0.6 is 11.8 Å². The Bertz CT molecular complexity index is 1640. The number of benzene rings is 4. The van der Waals surface area contributed by atoms with E-state index < -0.39 is 17.5 Å². The fourth-order valence-electron chi connectivity index (χ4n) is 3.63. The summed E-state index contributed by atoms with van der Waals surface area (Å²) in [6.45, 7) is 0. The number of carbonyl (C=O) groups excluding carboxylic acids is 1. The molecule has 1 N–H and O–H groups in total. The minimum atomic E-state index is -0.752. The lowest BCUT2D eigenvalue weighted by atomic mass is 10.2. The van der Waals surface area contributed by atoms with E-state index in [-0.39, 0.29) is 22.2 Å². The van der Waals surface area contributed by atoms with Crippen LogP contribution in [0.2, 0.25) is 0 Å². The topological polar surface area (TPSA) is 73.2 Å². The number of amides is 1. The molecule has 0 radical (unpaired) electrons. The van der Waals surface area contributed by atoms with Gasteiger partial charge in [0.05, 0.1) is 28.0 Å². The van der Waals surface area contributed by atoms with E-state index in [2.05, 4.69) is 10.3 Å². The molecule has 0 atom stereocenters. The molecule has 5 aromatic rings. The van der Waals surface area contributed by atoms with E-state index in [4.69, 9.17) is 4.74 Å². The summed E-state index contributed by atoms with van der Waals surface area (Å²) in [6, 6.07) is 25.9. The molecule has 0 unspecified atom stereocenters. The maximum Gasteiger partial charge on any atom is 0.266 e. The van der Waals surface area contributed by atoms with E-state index in [1.165, 1.54) is 4.57 Å². The molecule has 0 spiro atoms. The Labute approximate surface area is 214 Å². The Morgan fingerprint density at radius 3 is 2.38 bits per heavy atom. The van der Waals surface area contributed by atoms with Crippen LogP contribution in [-0.4, -0.2) is 21.2 Å². The van der Waals surface area contributed by atoms with Gasteiger partial charge in [0.1, 0.15) is 23.1 Å². The van der Waals surface area contributed by atoms with Crippen LogP contribution < -0.4 is 15.6 Å². The van der Waals surface area contributed by atoms with Gasteiger partial charge in [-0.2, -0.15) is 0 Å². The van der Waals surface area contributed by atoms with E-state index in [0.717, 1.165) is 30.0 Å². The molecule has 0 aliphatic rings. The summed E-state index contributed by atoms with van der Waals surface area (Å²) in [7, 11) is 0. The molecule has 0 saturated heterocycles. The molecular formula is C28H19F2N3O3S. The summed E-state index contributed by atoms with van der Waals surface area (Å²) in [5.74, 6) is -0.919. The van der Waals surface area contributed by atoms with Crippen molar-refractivity contribution in [1.82, 2.24) is 9.55 Å². The number of nitrogens with one attached hydrogen (secondary N) is 1. The van der Waals surface area contributed by atoms with E-state index in [0.29, 0.717) is 28.1 Å². The van der Waals surface area contributed by atoms with Crippen molar-refractivity contribution in [3.63, 3.8) is 0 Å². The summed E-state index contributed by atoms with van der Waals surface area (Å²) in [5, 5.41) is 3.05. The Hall–Kier alpha value is -4.50. The van der Waals surface area contributed by atoms with Gasteiger partial charge in [0.25, 0.3) is 5.56 Å². The van der Waals surface area contributed by atoms with Gasteiger partial charge in [0.15, 0.2) is 5.16 Å². The van der Waals surface area contributed by atoms with Crippen LogP contribution in [0.15, 0.2) is 107 Å². The Kier molecular flexibility index (Phi) is 6.96. The largest absolute Gasteiger partial charge is 0.457 e. The Morgan fingerprint density at radius 1 is 0.892 bits per heavy atom. The van der Waals surface area contributed by atoms with Crippen LogP contribution in [0.5, 0.6) is 11.5 Å². The van der Waals surface area contributed by atoms with Crippen molar-refractivity contribution in [3.8, 4) is 17.2 Å². The van der Waals surface area contributed by atoms with Crippen LogP contribution in [0.25, 0.3) is 16.6 Å². The van der Waals surface area contributed by atoms with Gasteiger partial charge in [-0.15, -0.1) is 0 Å². The summed E-state index contributed by atoms with van der Waals surface area (Å²) >= 11 is 1.01. The average molecular weight is 516 g/mol. The number of hydrogen-bond donors (Lipinski definition) is 1. The van der Waals surface area contributed by atoms with Crippen LogP contribution in [0.1, 0.15) is 0 Å². The van der Waals surface area contributed by atoms with Crippen molar-refractivity contribution in [1.29, 1.82) is 0 Å². The number of thioether (sulfide) groups is 1. The number of halogens is 2.